The smallest absolute Gasteiger partial charge is 0.312 e. The molecule has 0 spiro atoms. The van der Waals surface area contributed by atoms with Crippen LogP contribution in [0, 0.1) is 0 Å². The first kappa shape index (κ1) is 12.9. The van der Waals surface area contributed by atoms with Crippen LogP contribution < -0.4 is 5.32 Å². The third-order valence-electron chi connectivity index (χ3n) is 1.56. The Balaban J connectivity index is 2.35. The summed E-state index contributed by atoms with van der Waals surface area (Å²) in [5.74, 6) is -0.605. The normalized spacial score (nSPS) is 10.9. The van der Waals surface area contributed by atoms with Gasteiger partial charge in [-0.05, 0) is 31.1 Å². The summed E-state index contributed by atoms with van der Waals surface area (Å²) in [6, 6.07) is 3.50. The average molecular weight is 257 g/mol. The van der Waals surface area contributed by atoms with Crippen LogP contribution in [0.4, 0.5) is 0 Å². The lowest BCUT2D eigenvalue weighted by Crippen LogP contribution is -2.36. The van der Waals surface area contributed by atoms with Crippen molar-refractivity contribution < 1.29 is 14.0 Å². The predicted molar refractivity (Wildman–Crippen MR) is 66.1 cm³/mol. The molecule has 0 radical (unpaired) electrons. The van der Waals surface area contributed by atoms with Crippen molar-refractivity contribution in [2.75, 3.05) is 6.54 Å². The van der Waals surface area contributed by atoms with Gasteiger partial charge in [-0.15, -0.1) is 11.3 Å². The topological polar surface area (TPSA) is 55.4 Å². The molecule has 16 heavy (non-hydrogen) atoms. The molecule has 88 valence electrons. The van der Waals surface area contributed by atoms with Gasteiger partial charge in [0.25, 0.3) is 5.91 Å². The summed E-state index contributed by atoms with van der Waals surface area (Å²) in [7, 11) is -1.86. The van der Waals surface area contributed by atoms with E-state index in [1.165, 1.54) is 11.3 Å². The van der Waals surface area contributed by atoms with Crippen molar-refractivity contribution in [1.29, 1.82) is 0 Å². The van der Waals surface area contributed by atoms with E-state index in [2.05, 4.69) is 5.32 Å². The molecule has 1 amide bonds. The van der Waals surface area contributed by atoms with Crippen LogP contribution in [0.1, 0.15) is 9.67 Å². The Hall–Kier alpha value is -1.14. The Morgan fingerprint density at radius 1 is 1.44 bits per heavy atom. The Labute approximate surface area is 99.8 Å². The molecule has 0 aliphatic rings. The molecule has 0 aliphatic heterocycles. The summed E-state index contributed by atoms with van der Waals surface area (Å²) in [5, 5.41) is 4.34. The van der Waals surface area contributed by atoms with Gasteiger partial charge >= 0.3 is 5.97 Å². The van der Waals surface area contributed by atoms with Gasteiger partial charge < -0.3 is 9.74 Å². The lowest BCUT2D eigenvalue weighted by molar-refractivity contribution is -0.133. The molecular weight excluding hydrogens is 242 g/mol. The van der Waals surface area contributed by atoms with Crippen molar-refractivity contribution in [3.63, 3.8) is 0 Å². The molecule has 0 aromatic carbocycles. The zero-order chi connectivity index (χ0) is 12.2. The van der Waals surface area contributed by atoms with Crippen LogP contribution in [0.25, 0.3) is 0 Å². The van der Waals surface area contributed by atoms with Gasteiger partial charge in [0.1, 0.15) is 6.54 Å². The van der Waals surface area contributed by atoms with Crippen LogP contribution in [-0.4, -0.2) is 26.7 Å². The lowest BCUT2D eigenvalue weighted by atomic mass is 10.4. The van der Waals surface area contributed by atoms with E-state index in [0.717, 1.165) is 0 Å². The number of thiophene rings is 1. The molecule has 6 heteroatoms. The largest absolute Gasteiger partial charge is 0.519 e. The molecule has 0 saturated carbocycles. The minimum atomic E-state index is -1.86. The molecule has 0 saturated heterocycles. The van der Waals surface area contributed by atoms with Crippen molar-refractivity contribution in [2.45, 2.75) is 19.6 Å². The van der Waals surface area contributed by atoms with Crippen molar-refractivity contribution in [3.8, 4) is 0 Å². The Morgan fingerprint density at radius 2 is 2.12 bits per heavy atom. The van der Waals surface area contributed by atoms with Gasteiger partial charge in [-0.2, -0.15) is 0 Å². The fourth-order valence-electron chi connectivity index (χ4n) is 1.02. The predicted octanol–water partition coefficient (Wildman–Crippen LogP) is 1.86. The second kappa shape index (κ2) is 5.27. The molecule has 1 heterocycles. The highest BCUT2D eigenvalue weighted by molar-refractivity contribution is 7.12. The maximum absolute atomic E-state index is 11.5. The monoisotopic (exact) mass is 257 g/mol. The molecule has 1 aromatic heterocycles. The maximum Gasteiger partial charge on any atom is 0.312 e. The summed E-state index contributed by atoms with van der Waals surface area (Å²) in [6.07, 6.45) is 0. The van der Waals surface area contributed by atoms with E-state index in [1.54, 1.807) is 12.1 Å². The third kappa shape index (κ3) is 4.58. The molecule has 1 rings (SSSR count). The summed E-state index contributed by atoms with van der Waals surface area (Å²) in [5.41, 5.74) is 0. The van der Waals surface area contributed by atoms with Crippen LogP contribution in [-0.2, 0) is 9.22 Å². The van der Waals surface area contributed by atoms with E-state index in [-0.39, 0.29) is 18.4 Å². The Morgan fingerprint density at radius 3 is 2.62 bits per heavy atom. The zero-order valence-corrected chi connectivity index (χ0v) is 11.4. The van der Waals surface area contributed by atoms with Gasteiger partial charge in [0.2, 0.25) is 8.32 Å². The summed E-state index contributed by atoms with van der Waals surface area (Å²) in [4.78, 5) is 23.4. The molecule has 0 atom stereocenters. The highest BCUT2D eigenvalue weighted by atomic mass is 32.1. The second-order valence-corrected chi connectivity index (χ2v) is 9.62. The van der Waals surface area contributed by atoms with Crippen LogP contribution in [0.5, 0.6) is 0 Å². The number of carbonyl (C=O) groups excluding carboxylic acids is 2. The van der Waals surface area contributed by atoms with Crippen molar-refractivity contribution in [3.05, 3.63) is 22.4 Å². The van der Waals surface area contributed by atoms with Crippen LogP contribution >= 0.6 is 11.3 Å². The average Bonchev–Trinajstić information content (AvgIpc) is 2.64. The van der Waals surface area contributed by atoms with Crippen LogP contribution in [0.3, 0.4) is 0 Å². The van der Waals surface area contributed by atoms with E-state index < -0.39 is 8.32 Å². The molecule has 0 bridgehead atoms. The Bertz CT molecular complexity index is 370. The molecule has 0 fully saturated rings. The fourth-order valence-corrected chi connectivity index (χ4v) is 2.42. The number of carbonyl (C=O) groups is 2. The molecule has 0 aliphatic carbocycles. The van der Waals surface area contributed by atoms with E-state index in [0.29, 0.717) is 4.88 Å². The number of hydrogen-bond acceptors (Lipinski definition) is 4. The van der Waals surface area contributed by atoms with E-state index in [9.17, 15) is 9.59 Å². The van der Waals surface area contributed by atoms with Crippen molar-refractivity contribution in [1.82, 2.24) is 5.32 Å². The minimum Gasteiger partial charge on any atom is -0.519 e. The number of amides is 1. The first-order valence-electron chi connectivity index (χ1n) is 4.92. The van der Waals surface area contributed by atoms with Gasteiger partial charge in [0, 0.05) is 0 Å². The summed E-state index contributed by atoms with van der Waals surface area (Å²) < 4.78 is 5.19. The van der Waals surface area contributed by atoms with E-state index in [1.807, 2.05) is 25.0 Å². The van der Waals surface area contributed by atoms with Gasteiger partial charge in [-0.1, -0.05) is 6.07 Å². The molecule has 1 N–H and O–H groups in total. The second-order valence-electron chi connectivity index (χ2n) is 4.25. The number of nitrogens with one attached hydrogen (secondary N) is 1. The SMILES string of the molecule is C[Si](C)(C)OC(=O)CNC(=O)c1cccs1. The molecular formula is C10H15NO3SSi. The number of hydrogen-bond donors (Lipinski definition) is 1. The van der Waals surface area contributed by atoms with E-state index >= 15 is 0 Å². The van der Waals surface area contributed by atoms with Gasteiger partial charge in [-0.25, -0.2) is 0 Å². The number of rotatable bonds is 4. The Kier molecular flexibility index (Phi) is 4.25. The fraction of sp³-hybridized carbons (Fsp3) is 0.400. The maximum atomic E-state index is 11.5. The zero-order valence-electron chi connectivity index (χ0n) is 9.57. The van der Waals surface area contributed by atoms with Gasteiger partial charge in [0.15, 0.2) is 0 Å². The minimum absolute atomic E-state index is 0.0684. The lowest BCUT2D eigenvalue weighted by Gasteiger charge is -2.17. The van der Waals surface area contributed by atoms with Crippen molar-refractivity contribution in [2.24, 2.45) is 0 Å². The summed E-state index contributed by atoms with van der Waals surface area (Å²) >= 11 is 1.34. The summed E-state index contributed by atoms with van der Waals surface area (Å²) in [6.45, 7) is 5.70. The third-order valence-corrected chi connectivity index (χ3v) is 3.27. The van der Waals surface area contributed by atoms with Crippen molar-refractivity contribution >= 4 is 31.5 Å². The quantitative estimate of drug-likeness (QED) is 0.838. The molecule has 4 nitrogen and oxygen atoms in total. The van der Waals surface area contributed by atoms with Crippen LogP contribution in [0.2, 0.25) is 19.6 Å². The molecule has 0 unspecified atom stereocenters. The van der Waals surface area contributed by atoms with Gasteiger partial charge in [-0.3, -0.25) is 9.59 Å². The first-order chi connectivity index (χ1) is 7.38. The first-order valence-corrected chi connectivity index (χ1v) is 9.21. The van der Waals surface area contributed by atoms with Crippen LogP contribution in [0.15, 0.2) is 17.5 Å². The highest BCUT2D eigenvalue weighted by Gasteiger charge is 2.20. The molecule has 1 aromatic rings. The highest BCUT2D eigenvalue weighted by Crippen LogP contribution is 2.07. The van der Waals surface area contributed by atoms with E-state index in [4.69, 9.17) is 4.43 Å². The standard InChI is InChI=1S/C10H15NO3SSi/c1-16(2,3)14-9(12)7-11-10(13)8-5-4-6-15-8/h4-6H,7H2,1-3H3,(H,11,13). The van der Waals surface area contributed by atoms with Gasteiger partial charge in [0.05, 0.1) is 4.88 Å².